The molecule has 1 amide bonds. The lowest BCUT2D eigenvalue weighted by Gasteiger charge is -2.27. The molecule has 0 aliphatic carbocycles. The number of amides is 1. The predicted molar refractivity (Wildman–Crippen MR) is 92.5 cm³/mol. The van der Waals surface area contributed by atoms with Gasteiger partial charge in [-0.2, -0.15) is 0 Å². The number of carbonyl (C=O) groups excluding carboxylic acids is 1. The average Bonchev–Trinajstić information content (AvgIpc) is 2.83. The average molecular weight is 365 g/mol. The molecule has 0 spiro atoms. The summed E-state index contributed by atoms with van der Waals surface area (Å²) in [6, 6.07) is 3.30. The van der Waals surface area contributed by atoms with Crippen LogP contribution in [0, 0.1) is 13.8 Å². The van der Waals surface area contributed by atoms with Gasteiger partial charge in [0.15, 0.2) is 0 Å². The largest absolute Gasteiger partial charge is 0.494 e. The van der Waals surface area contributed by atoms with Crippen molar-refractivity contribution in [2.75, 3.05) is 23.4 Å². The smallest absolute Gasteiger partial charge is 0.229 e. The second-order valence-electron chi connectivity index (χ2n) is 6.06. The SMILES string of the molecule is COc1cc2c(cc1NS(C)(=O)=O)C(c1c(C)noc1C)CC(=O)N2. The summed E-state index contributed by atoms with van der Waals surface area (Å²) in [5.41, 5.74) is 3.22. The van der Waals surface area contributed by atoms with E-state index < -0.39 is 10.0 Å². The van der Waals surface area contributed by atoms with Crippen LogP contribution >= 0.6 is 0 Å². The van der Waals surface area contributed by atoms with Crippen LogP contribution in [0.2, 0.25) is 0 Å². The minimum absolute atomic E-state index is 0.136. The van der Waals surface area contributed by atoms with Gasteiger partial charge in [-0.25, -0.2) is 8.42 Å². The Morgan fingerprint density at radius 2 is 2.08 bits per heavy atom. The van der Waals surface area contributed by atoms with Gasteiger partial charge in [0.2, 0.25) is 15.9 Å². The lowest BCUT2D eigenvalue weighted by Crippen LogP contribution is -2.24. The number of sulfonamides is 1. The summed E-state index contributed by atoms with van der Waals surface area (Å²) in [7, 11) is -2.05. The van der Waals surface area contributed by atoms with Gasteiger partial charge in [0.25, 0.3) is 0 Å². The monoisotopic (exact) mass is 365 g/mol. The molecule has 2 aromatic rings. The van der Waals surface area contributed by atoms with E-state index in [0.29, 0.717) is 28.6 Å². The zero-order valence-corrected chi connectivity index (χ0v) is 15.2. The normalized spacial score (nSPS) is 17.0. The van der Waals surface area contributed by atoms with E-state index >= 15 is 0 Å². The van der Waals surface area contributed by atoms with Crippen LogP contribution in [0.4, 0.5) is 11.4 Å². The van der Waals surface area contributed by atoms with Crippen LogP contribution in [0.25, 0.3) is 0 Å². The molecule has 25 heavy (non-hydrogen) atoms. The Morgan fingerprint density at radius 3 is 2.64 bits per heavy atom. The highest BCUT2D eigenvalue weighted by atomic mass is 32.2. The number of rotatable bonds is 4. The third-order valence-corrected chi connectivity index (χ3v) is 4.73. The molecule has 0 saturated carbocycles. The van der Waals surface area contributed by atoms with Crippen molar-refractivity contribution in [3.8, 4) is 5.75 Å². The van der Waals surface area contributed by atoms with Crippen molar-refractivity contribution in [3.05, 3.63) is 34.7 Å². The molecule has 2 heterocycles. The van der Waals surface area contributed by atoms with E-state index in [1.807, 2.05) is 6.92 Å². The maximum Gasteiger partial charge on any atom is 0.229 e. The molecule has 0 fully saturated rings. The van der Waals surface area contributed by atoms with Crippen molar-refractivity contribution in [3.63, 3.8) is 0 Å². The number of anilines is 2. The number of fused-ring (bicyclic) bond motifs is 1. The van der Waals surface area contributed by atoms with Crippen LogP contribution in [-0.2, 0) is 14.8 Å². The fourth-order valence-electron chi connectivity index (χ4n) is 3.18. The first-order valence-corrected chi connectivity index (χ1v) is 9.51. The number of methoxy groups -OCH3 is 1. The molecule has 1 aromatic heterocycles. The van der Waals surface area contributed by atoms with E-state index in [9.17, 15) is 13.2 Å². The van der Waals surface area contributed by atoms with Crippen molar-refractivity contribution >= 4 is 27.3 Å². The number of hydrogen-bond acceptors (Lipinski definition) is 6. The Labute approximate surface area is 145 Å². The van der Waals surface area contributed by atoms with Crippen LogP contribution < -0.4 is 14.8 Å². The molecule has 8 nitrogen and oxygen atoms in total. The Morgan fingerprint density at radius 1 is 1.36 bits per heavy atom. The third kappa shape index (κ3) is 3.32. The number of nitrogens with zero attached hydrogens (tertiary/aromatic N) is 1. The zero-order chi connectivity index (χ0) is 18.4. The van der Waals surface area contributed by atoms with E-state index in [1.165, 1.54) is 7.11 Å². The second kappa shape index (κ2) is 6.07. The third-order valence-electron chi connectivity index (χ3n) is 4.14. The van der Waals surface area contributed by atoms with E-state index in [4.69, 9.17) is 9.26 Å². The fourth-order valence-corrected chi connectivity index (χ4v) is 3.74. The van der Waals surface area contributed by atoms with E-state index in [-0.39, 0.29) is 18.2 Å². The number of benzene rings is 1. The first kappa shape index (κ1) is 17.3. The number of aromatic nitrogens is 1. The highest BCUT2D eigenvalue weighted by Gasteiger charge is 2.32. The molecule has 2 N–H and O–H groups in total. The molecule has 1 atom stereocenters. The summed E-state index contributed by atoms with van der Waals surface area (Å²) in [6.45, 7) is 3.61. The van der Waals surface area contributed by atoms with Crippen LogP contribution in [0.15, 0.2) is 16.7 Å². The van der Waals surface area contributed by atoms with Crippen LogP contribution in [0.5, 0.6) is 5.75 Å². The van der Waals surface area contributed by atoms with Crippen molar-refractivity contribution < 1.29 is 22.5 Å². The molecule has 0 bridgehead atoms. The fraction of sp³-hybridized carbons (Fsp3) is 0.375. The van der Waals surface area contributed by atoms with E-state index in [1.54, 1.807) is 19.1 Å². The maximum absolute atomic E-state index is 12.2. The molecule has 0 saturated heterocycles. The Balaban J connectivity index is 2.19. The van der Waals surface area contributed by atoms with Gasteiger partial charge in [0.05, 0.1) is 24.7 Å². The van der Waals surface area contributed by atoms with Gasteiger partial charge in [-0.3, -0.25) is 9.52 Å². The summed E-state index contributed by atoms with van der Waals surface area (Å²) in [4.78, 5) is 12.2. The van der Waals surface area contributed by atoms with Crippen molar-refractivity contribution in [2.45, 2.75) is 26.2 Å². The van der Waals surface area contributed by atoms with E-state index in [0.717, 1.165) is 17.4 Å². The minimum atomic E-state index is -3.48. The highest BCUT2D eigenvalue weighted by molar-refractivity contribution is 7.92. The van der Waals surface area contributed by atoms with Gasteiger partial charge in [-0.15, -0.1) is 0 Å². The molecule has 134 valence electrons. The minimum Gasteiger partial charge on any atom is -0.494 e. The summed E-state index contributed by atoms with van der Waals surface area (Å²) < 4.78 is 36.2. The molecule has 9 heteroatoms. The predicted octanol–water partition coefficient (Wildman–Crippen LogP) is 2.15. The van der Waals surface area contributed by atoms with Crippen molar-refractivity contribution in [1.82, 2.24) is 5.16 Å². The Bertz CT molecular complexity index is 929. The first-order chi connectivity index (χ1) is 11.7. The topological polar surface area (TPSA) is 111 Å². The molecular formula is C16H19N3O5S. The molecule has 1 unspecified atom stereocenters. The van der Waals surface area contributed by atoms with Crippen molar-refractivity contribution in [2.24, 2.45) is 0 Å². The summed E-state index contributed by atoms with van der Waals surface area (Å²) in [5.74, 6) is 0.546. The standard InChI is InChI=1S/C16H19N3O5S/c1-8-16(9(2)24-18-8)11-6-15(20)17-12-7-14(23-3)13(5-10(11)12)19-25(4,21)22/h5,7,11,19H,6H2,1-4H3,(H,17,20). The van der Waals surface area contributed by atoms with E-state index in [2.05, 4.69) is 15.2 Å². The first-order valence-electron chi connectivity index (χ1n) is 7.62. The number of aryl methyl sites for hydroxylation is 2. The molecule has 0 radical (unpaired) electrons. The maximum atomic E-state index is 12.2. The van der Waals surface area contributed by atoms with Gasteiger partial charge >= 0.3 is 0 Å². The Hall–Kier alpha value is -2.55. The lowest BCUT2D eigenvalue weighted by atomic mass is 9.83. The molecule has 1 aliphatic heterocycles. The van der Waals surface area contributed by atoms with Gasteiger partial charge < -0.3 is 14.6 Å². The number of nitrogens with one attached hydrogen (secondary N) is 2. The summed E-state index contributed by atoms with van der Waals surface area (Å²) >= 11 is 0. The number of ether oxygens (including phenoxy) is 1. The summed E-state index contributed by atoms with van der Waals surface area (Å²) in [6.07, 6.45) is 1.29. The van der Waals surface area contributed by atoms with Crippen LogP contribution in [-0.4, -0.2) is 32.8 Å². The number of carbonyl (C=O) groups is 1. The summed E-state index contributed by atoms with van der Waals surface area (Å²) in [5, 5.41) is 6.77. The van der Waals surface area contributed by atoms with Gasteiger partial charge in [-0.1, -0.05) is 5.16 Å². The lowest BCUT2D eigenvalue weighted by molar-refractivity contribution is -0.116. The molecule has 1 aliphatic rings. The zero-order valence-electron chi connectivity index (χ0n) is 14.3. The van der Waals surface area contributed by atoms with Crippen molar-refractivity contribution in [1.29, 1.82) is 0 Å². The highest BCUT2D eigenvalue weighted by Crippen LogP contribution is 2.43. The second-order valence-corrected chi connectivity index (χ2v) is 7.81. The van der Waals surface area contributed by atoms with Gasteiger partial charge in [0, 0.05) is 29.7 Å². The molecule has 1 aromatic carbocycles. The molecular weight excluding hydrogens is 346 g/mol. The van der Waals surface area contributed by atoms with Gasteiger partial charge in [0.1, 0.15) is 11.5 Å². The Kier molecular flexibility index (Phi) is 4.19. The molecule has 3 rings (SSSR count). The van der Waals surface area contributed by atoms with Crippen LogP contribution in [0.3, 0.4) is 0 Å². The van der Waals surface area contributed by atoms with Crippen LogP contribution in [0.1, 0.15) is 34.9 Å². The quantitative estimate of drug-likeness (QED) is 0.859. The van der Waals surface area contributed by atoms with Gasteiger partial charge in [-0.05, 0) is 25.5 Å². The number of hydrogen-bond donors (Lipinski definition) is 2.